The SMILES string of the molecule is COC(=O)c1cc(NCc2nc(C)no2)cc(C)c1N. The Morgan fingerprint density at radius 2 is 2.20 bits per heavy atom. The summed E-state index contributed by atoms with van der Waals surface area (Å²) in [6.45, 7) is 3.93. The summed E-state index contributed by atoms with van der Waals surface area (Å²) in [5.41, 5.74) is 8.13. The van der Waals surface area contributed by atoms with Crippen molar-refractivity contribution in [2.75, 3.05) is 18.2 Å². The maximum Gasteiger partial charge on any atom is 0.340 e. The molecule has 0 amide bonds. The van der Waals surface area contributed by atoms with Crippen LogP contribution >= 0.6 is 0 Å². The Morgan fingerprint density at radius 1 is 1.45 bits per heavy atom. The summed E-state index contributed by atoms with van der Waals surface area (Å²) in [7, 11) is 1.32. The van der Waals surface area contributed by atoms with Crippen molar-refractivity contribution in [1.82, 2.24) is 10.1 Å². The van der Waals surface area contributed by atoms with Crippen LogP contribution in [0.15, 0.2) is 16.7 Å². The third-order valence-electron chi connectivity index (χ3n) is 2.81. The minimum atomic E-state index is -0.470. The molecule has 0 saturated carbocycles. The fraction of sp³-hybridized carbons (Fsp3) is 0.308. The Bertz CT molecular complexity index is 637. The molecule has 0 atom stereocenters. The molecule has 0 unspecified atom stereocenters. The van der Waals surface area contributed by atoms with Crippen LogP contribution in [0.1, 0.15) is 27.6 Å². The van der Waals surface area contributed by atoms with Gasteiger partial charge in [-0.25, -0.2) is 4.79 Å². The van der Waals surface area contributed by atoms with Crippen LogP contribution in [0.2, 0.25) is 0 Å². The molecule has 1 heterocycles. The Morgan fingerprint density at radius 3 is 2.80 bits per heavy atom. The second-order valence-corrected chi connectivity index (χ2v) is 4.33. The van der Waals surface area contributed by atoms with E-state index in [1.807, 2.05) is 13.0 Å². The van der Waals surface area contributed by atoms with E-state index in [0.29, 0.717) is 29.5 Å². The van der Waals surface area contributed by atoms with Crippen molar-refractivity contribution in [3.05, 3.63) is 35.0 Å². The van der Waals surface area contributed by atoms with Gasteiger partial charge in [0, 0.05) is 11.4 Å². The van der Waals surface area contributed by atoms with Gasteiger partial charge in [0.05, 0.1) is 19.2 Å². The first kappa shape index (κ1) is 13.9. The van der Waals surface area contributed by atoms with Crippen LogP contribution in [-0.2, 0) is 11.3 Å². The number of nitrogen functional groups attached to an aromatic ring is 1. The number of anilines is 2. The summed E-state index contributed by atoms with van der Waals surface area (Å²) in [6, 6.07) is 3.47. The van der Waals surface area contributed by atoms with Gasteiger partial charge in [-0.1, -0.05) is 5.16 Å². The van der Waals surface area contributed by atoms with E-state index in [-0.39, 0.29) is 0 Å². The minimum absolute atomic E-state index is 0.330. The summed E-state index contributed by atoms with van der Waals surface area (Å²) in [5, 5.41) is 6.80. The quantitative estimate of drug-likeness (QED) is 0.646. The number of nitrogens with one attached hydrogen (secondary N) is 1. The lowest BCUT2D eigenvalue weighted by atomic mass is 10.1. The van der Waals surface area contributed by atoms with E-state index in [2.05, 4.69) is 15.5 Å². The van der Waals surface area contributed by atoms with E-state index in [9.17, 15) is 4.79 Å². The van der Waals surface area contributed by atoms with Crippen molar-refractivity contribution >= 4 is 17.3 Å². The smallest absolute Gasteiger partial charge is 0.340 e. The molecule has 7 nitrogen and oxygen atoms in total. The van der Waals surface area contributed by atoms with Gasteiger partial charge in [0.1, 0.15) is 0 Å². The highest BCUT2D eigenvalue weighted by atomic mass is 16.5. The molecule has 20 heavy (non-hydrogen) atoms. The summed E-state index contributed by atoms with van der Waals surface area (Å²) in [6.07, 6.45) is 0. The van der Waals surface area contributed by atoms with Gasteiger partial charge in [-0.05, 0) is 31.5 Å². The number of methoxy groups -OCH3 is 1. The molecule has 0 spiro atoms. The molecule has 2 aromatic rings. The van der Waals surface area contributed by atoms with Gasteiger partial charge < -0.3 is 20.3 Å². The number of hydrogen-bond donors (Lipinski definition) is 2. The van der Waals surface area contributed by atoms with Gasteiger partial charge in [-0.3, -0.25) is 0 Å². The Labute approximate surface area is 116 Å². The van der Waals surface area contributed by atoms with Gasteiger partial charge in [0.15, 0.2) is 5.82 Å². The number of esters is 1. The van der Waals surface area contributed by atoms with Crippen molar-refractivity contribution < 1.29 is 14.1 Å². The van der Waals surface area contributed by atoms with E-state index < -0.39 is 5.97 Å². The lowest BCUT2D eigenvalue weighted by Crippen LogP contribution is -2.09. The average molecular weight is 276 g/mol. The fourth-order valence-corrected chi connectivity index (χ4v) is 1.77. The number of carbonyl (C=O) groups excluding carboxylic acids is 1. The molecule has 2 rings (SSSR count). The summed E-state index contributed by atoms with van der Waals surface area (Å²) in [4.78, 5) is 15.7. The molecule has 7 heteroatoms. The normalized spacial score (nSPS) is 10.3. The number of hydrogen-bond acceptors (Lipinski definition) is 7. The maximum atomic E-state index is 11.6. The lowest BCUT2D eigenvalue weighted by Gasteiger charge is -2.11. The first-order chi connectivity index (χ1) is 9.51. The summed E-state index contributed by atoms with van der Waals surface area (Å²) in [5.74, 6) is 0.574. The molecule has 0 aliphatic rings. The Balaban J connectivity index is 2.19. The van der Waals surface area contributed by atoms with E-state index in [0.717, 1.165) is 11.3 Å². The largest absolute Gasteiger partial charge is 0.465 e. The standard InChI is InChI=1S/C13H16N4O3/c1-7-4-9(5-10(12(7)14)13(18)19-3)15-6-11-16-8(2)17-20-11/h4-5,15H,6,14H2,1-3H3. The molecule has 0 aliphatic carbocycles. The summed E-state index contributed by atoms with van der Waals surface area (Å²) >= 11 is 0. The van der Waals surface area contributed by atoms with Crippen molar-refractivity contribution in [1.29, 1.82) is 0 Å². The van der Waals surface area contributed by atoms with Crippen molar-refractivity contribution in [2.24, 2.45) is 0 Å². The average Bonchev–Trinajstić information content (AvgIpc) is 2.85. The molecule has 1 aromatic heterocycles. The number of aromatic nitrogens is 2. The van der Waals surface area contributed by atoms with Crippen LogP contribution in [-0.4, -0.2) is 23.2 Å². The van der Waals surface area contributed by atoms with Crippen LogP contribution in [0, 0.1) is 13.8 Å². The third-order valence-corrected chi connectivity index (χ3v) is 2.81. The van der Waals surface area contributed by atoms with Gasteiger partial charge >= 0.3 is 5.97 Å². The topological polar surface area (TPSA) is 103 Å². The molecule has 106 valence electrons. The van der Waals surface area contributed by atoms with Crippen molar-refractivity contribution in [3.8, 4) is 0 Å². The number of nitrogens with two attached hydrogens (primary N) is 1. The molecule has 0 bridgehead atoms. The monoisotopic (exact) mass is 276 g/mol. The van der Waals surface area contributed by atoms with Gasteiger partial charge in [-0.15, -0.1) is 0 Å². The molecule has 0 aliphatic heterocycles. The van der Waals surface area contributed by atoms with Gasteiger partial charge in [0.2, 0.25) is 5.89 Å². The van der Waals surface area contributed by atoms with E-state index in [1.54, 1.807) is 13.0 Å². The van der Waals surface area contributed by atoms with Gasteiger partial charge in [-0.2, -0.15) is 4.98 Å². The zero-order chi connectivity index (χ0) is 14.7. The second-order valence-electron chi connectivity index (χ2n) is 4.33. The van der Waals surface area contributed by atoms with Gasteiger partial charge in [0.25, 0.3) is 0 Å². The van der Waals surface area contributed by atoms with Crippen molar-refractivity contribution in [2.45, 2.75) is 20.4 Å². The molecular formula is C13H16N4O3. The lowest BCUT2D eigenvalue weighted by molar-refractivity contribution is 0.0602. The van der Waals surface area contributed by atoms with Crippen LogP contribution in [0.5, 0.6) is 0 Å². The number of aryl methyl sites for hydroxylation is 2. The first-order valence-electron chi connectivity index (χ1n) is 6.02. The van der Waals surface area contributed by atoms with E-state index in [1.165, 1.54) is 7.11 Å². The van der Waals surface area contributed by atoms with Crippen LogP contribution in [0.25, 0.3) is 0 Å². The van der Waals surface area contributed by atoms with Crippen LogP contribution in [0.3, 0.4) is 0 Å². The Kier molecular flexibility index (Phi) is 3.88. The summed E-state index contributed by atoms with van der Waals surface area (Å²) < 4.78 is 9.70. The highest BCUT2D eigenvalue weighted by molar-refractivity contribution is 5.97. The van der Waals surface area contributed by atoms with Crippen molar-refractivity contribution in [3.63, 3.8) is 0 Å². The fourth-order valence-electron chi connectivity index (χ4n) is 1.77. The maximum absolute atomic E-state index is 11.6. The van der Waals surface area contributed by atoms with E-state index >= 15 is 0 Å². The molecule has 0 fully saturated rings. The minimum Gasteiger partial charge on any atom is -0.465 e. The zero-order valence-corrected chi connectivity index (χ0v) is 11.6. The van der Waals surface area contributed by atoms with Crippen LogP contribution in [0.4, 0.5) is 11.4 Å². The van der Waals surface area contributed by atoms with E-state index in [4.69, 9.17) is 15.0 Å². The Hall–Kier alpha value is -2.57. The molecule has 3 N–H and O–H groups in total. The number of benzene rings is 1. The highest BCUT2D eigenvalue weighted by Crippen LogP contribution is 2.23. The third kappa shape index (κ3) is 2.87. The molecule has 0 saturated heterocycles. The molecule has 0 radical (unpaired) electrons. The highest BCUT2D eigenvalue weighted by Gasteiger charge is 2.13. The molecule has 1 aromatic carbocycles. The predicted octanol–water partition coefficient (Wildman–Crippen LogP) is 1.67. The number of nitrogens with zero attached hydrogens (tertiary/aromatic N) is 2. The predicted molar refractivity (Wildman–Crippen MR) is 73.3 cm³/mol. The number of ether oxygens (including phenoxy) is 1. The first-order valence-corrected chi connectivity index (χ1v) is 6.02. The zero-order valence-electron chi connectivity index (χ0n) is 11.6. The number of carbonyl (C=O) groups is 1. The van der Waals surface area contributed by atoms with Crippen LogP contribution < -0.4 is 11.1 Å². The molecular weight excluding hydrogens is 260 g/mol. The second kappa shape index (κ2) is 5.60. The number of rotatable bonds is 4.